The van der Waals surface area contributed by atoms with Gasteiger partial charge in [0, 0.05) is 14.2 Å². The van der Waals surface area contributed by atoms with Crippen LogP contribution in [0.25, 0.3) is 0 Å². The summed E-state index contributed by atoms with van der Waals surface area (Å²) in [6.07, 6.45) is 1.99. The monoisotopic (exact) mass is 399 g/mol. The fourth-order valence-corrected chi connectivity index (χ4v) is 2.72. The van der Waals surface area contributed by atoms with E-state index in [0.29, 0.717) is 11.3 Å². The summed E-state index contributed by atoms with van der Waals surface area (Å²) in [6.45, 7) is 0. The lowest BCUT2D eigenvalue weighted by Crippen LogP contribution is -2.13. The van der Waals surface area contributed by atoms with Crippen LogP contribution in [0.1, 0.15) is 10.4 Å². The Morgan fingerprint density at radius 2 is 2.05 bits per heavy atom. The second-order valence-electron chi connectivity index (χ2n) is 4.03. The van der Waals surface area contributed by atoms with Gasteiger partial charge in [-0.15, -0.1) is 11.8 Å². The number of halogens is 1. The van der Waals surface area contributed by atoms with Gasteiger partial charge in [0.1, 0.15) is 5.75 Å². The zero-order valence-corrected chi connectivity index (χ0v) is 14.1. The van der Waals surface area contributed by atoms with Crippen molar-refractivity contribution in [2.75, 3.05) is 18.7 Å². The Morgan fingerprint density at radius 3 is 2.70 bits per heavy atom. The molecule has 2 aromatic rings. The van der Waals surface area contributed by atoms with E-state index in [1.807, 2.05) is 42.7 Å². The molecule has 2 rings (SSSR count). The first-order valence-electron chi connectivity index (χ1n) is 5.93. The molecule has 2 aromatic carbocycles. The molecule has 0 aliphatic carbocycles. The Hall–Kier alpha value is -1.21. The molecule has 0 saturated heterocycles. The molecule has 0 aliphatic heterocycles. The van der Waals surface area contributed by atoms with Crippen molar-refractivity contribution in [3.05, 3.63) is 51.6 Å². The van der Waals surface area contributed by atoms with E-state index >= 15 is 0 Å². The number of carbonyl (C=O) groups is 1. The number of anilines is 1. The summed E-state index contributed by atoms with van der Waals surface area (Å²) < 4.78 is 6.37. The molecule has 0 aliphatic rings. The first-order valence-corrected chi connectivity index (χ1v) is 8.23. The molecule has 0 atom stereocenters. The Kier molecular flexibility index (Phi) is 5.31. The highest BCUT2D eigenvalue weighted by atomic mass is 127. The van der Waals surface area contributed by atoms with Gasteiger partial charge in [-0.1, -0.05) is 6.07 Å². The Morgan fingerprint density at radius 1 is 1.25 bits per heavy atom. The molecule has 0 bridgehead atoms. The maximum absolute atomic E-state index is 12.3. The van der Waals surface area contributed by atoms with Crippen LogP contribution in [-0.4, -0.2) is 19.3 Å². The molecule has 0 fully saturated rings. The molecule has 0 aromatic heterocycles. The average Bonchev–Trinajstić information content (AvgIpc) is 2.46. The van der Waals surface area contributed by atoms with Gasteiger partial charge in [0.2, 0.25) is 0 Å². The predicted molar refractivity (Wildman–Crippen MR) is 91.9 cm³/mol. The number of benzene rings is 2. The van der Waals surface area contributed by atoms with Crippen LogP contribution in [0, 0.1) is 3.57 Å². The van der Waals surface area contributed by atoms with Crippen LogP contribution in [0.3, 0.4) is 0 Å². The summed E-state index contributed by atoms with van der Waals surface area (Å²) in [7, 11) is 1.57. The second kappa shape index (κ2) is 6.99. The maximum atomic E-state index is 12.3. The van der Waals surface area contributed by atoms with Crippen LogP contribution in [0.5, 0.6) is 5.75 Å². The SMILES string of the molecule is COc1cc(SC)ccc1C(=O)Nc1cccc(I)c1. The number of thioether (sulfide) groups is 1. The molecular weight excluding hydrogens is 385 g/mol. The van der Waals surface area contributed by atoms with E-state index in [9.17, 15) is 4.79 Å². The van der Waals surface area contributed by atoms with Gasteiger partial charge < -0.3 is 10.1 Å². The van der Waals surface area contributed by atoms with E-state index in [2.05, 4.69) is 27.9 Å². The van der Waals surface area contributed by atoms with E-state index < -0.39 is 0 Å². The fourth-order valence-electron chi connectivity index (χ4n) is 1.75. The number of hydrogen-bond acceptors (Lipinski definition) is 3. The van der Waals surface area contributed by atoms with Gasteiger partial charge in [-0.25, -0.2) is 0 Å². The van der Waals surface area contributed by atoms with Crippen LogP contribution in [0.15, 0.2) is 47.4 Å². The van der Waals surface area contributed by atoms with Crippen LogP contribution in [0.2, 0.25) is 0 Å². The third kappa shape index (κ3) is 3.67. The zero-order chi connectivity index (χ0) is 14.5. The first kappa shape index (κ1) is 15.2. The molecule has 0 spiro atoms. The van der Waals surface area contributed by atoms with E-state index in [1.165, 1.54) is 0 Å². The molecule has 20 heavy (non-hydrogen) atoms. The number of nitrogens with one attached hydrogen (secondary N) is 1. The molecule has 0 radical (unpaired) electrons. The first-order chi connectivity index (χ1) is 9.63. The number of carbonyl (C=O) groups excluding carboxylic acids is 1. The van der Waals surface area contributed by atoms with Gasteiger partial charge in [0.15, 0.2) is 0 Å². The van der Waals surface area contributed by atoms with Gasteiger partial charge in [-0.3, -0.25) is 4.79 Å². The van der Waals surface area contributed by atoms with Gasteiger partial charge in [-0.2, -0.15) is 0 Å². The van der Waals surface area contributed by atoms with Gasteiger partial charge in [0.05, 0.1) is 12.7 Å². The van der Waals surface area contributed by atoms with E-state index in [1.54, 1.807) is 24.9 Å². The van der Waals surface area contributed by atoms with Crippen molar-refractivity contribution in [3.63, 3.8) is 0 Å². The minimum atomic E-state index is -0.170. The average molecular weight is 399 g/mol. The van der Waals surface area contributed by atoms with E-state index in [-0.39, 0.29) is 5.91 Å². The molecular formula is C15H14INO2S. The summed E-state index contributed by atoms with van der Waals surface area (Å²) in [5, 5.41) is 2.88. The lowest BCUT2D eigenvalue weighted by molar-refractivity contribution is 0.102. The number of hydrogen-bond donors (Lipinski definition) is 1. The molecule has 3 nitrogen and oxygen atoms in total. The highest BCUT2D eigenvalue weighted by Crippen LogP contribution is 2.26. The standard InChI is InChI=1S/C15H14INO2S/c1-19-14-9-12(20-2)6-7-13(14)15(18)17-11-5-3-4-10(16)8-11/h3-9H,1-2H3,(H,17,18). The van der Waals surface area contributed by atoms with Crippen LogP contribution < -0.4 is 10.1 Å². The summed E-state index contributed by atoms with van der Waals surface area (Å²) in [5.41, 5.74) is 1.31. The van der Waals surface area contributed by atoms with Crippen LogP contribution in [-0.2, 0) is 0 Å². The summed E-state index contributed by atoms with van der Waals surface area (Å²) in [5.74, 6) is 0.413. The van der Waals surface area contributed by atoms with Gasteiger partial charge >= 0.3 is 0 Å². The van der Waals surface area contributed by atoms with Crippen LogP contribution in [0.4, 0.5) is 5.69 Å². The van der Waals surface area contributed by atoms with Crippen molar-refractivity contribution < 1.29 is 9.53 Å². The third-order valence-corrected chi connectivity index (χ3v) is 4.13. The fraction of sp³-hybridized carbons (Fsp3) is 0.133. The number of rotatable bonds is 4. The molecule has 0 unspecified atom stereocenters. The largest absolute Gasteiger partial charge is 0.496 e. The van der Waals surface area contributed by atoms with Gasteiger partial charge in [0.25, 0.3) is 5.91 Å². The third-order valence-electron chi connectivity index (χ3n) is 2.74. The Bertz CT molecular complexity index is 631. The van der Waals surface area contributed by atoms with E-state index in [0.717, 1.165) is 14.2 Å². The van der Waals surface area contributed by atoms with Crippen molar-refractivity contribution in [2.24, 2.45) is 0 Å². The molecule has 104 valence electrons. The van der Waals surface area contributed by atoms with Crippen LogP contribution >= 0.6 is 34.4 Å². The maximum Gasteiger partial charge on any atom is 0.259 e. The van der Waals surface area contributed by atoms with Crippen molar-refractivity contribution in [3.8, 4) is 5.75 Å². The lowest BCUT2D eigenvalue weighted by Gasteiger charge is -2.10. The number of ether oxygens (including phenoxy) is 1. The van der Waals surface area contributed by atoms with Crippen molar-refractivity contribution in [2.45, 2.75) is 4.90 Å². The smallest absolute Gasteiger partial charge is 0.259 e. The Labute approximate surface area is 136 Å². The normalized spacial score (nSPS) is 10.2. The second-order valence-corrected chi connectivity index (χ2v) is 6.16. The molecule has 5 heteroatoms. The molecule has 1 N–H and O–H groups in total. The van der Waals surface area contributed by atoms with Crippen molar-refractivity contribution in [1.82, 2.24) is 0 Å². The quantitative estimate of drug-likeness (QED) is 0.617. The van der Waals surface area contributed by atoms with Crippen molar-refractivity contribution in [1.29, 1.82) is 0 Å². The molecule has 1 amide bonds. The van der Waals surface area contributed by atoms with Crippen molar-refractivity contribution >= 4 is 45.9 Å². The van der Waals surface area contributed by atoms with Gasteiger partial charge in [-0.05, 0) is 65.2 Å². The predicted octanol–water partition coefficient (Wildman–Crippen LogP) is 4.27. The molecule has 0 heterocycles. The summed E-state index contributed by atoms with van der Waals surface area (Å²) in [4.78, 5) is 13.4. The highest BCUT2D eigenvalue weighted by molar-refractivity contribution is 14.1. The highest BCUT2D eigenvalue weighted by Gasteiger charge is 2.13. The van der Waals surface area contributed by atoms with E-state index in [4.69, 9.17) is 4.74 Å². The minimum Gasteiger partial charge on any atom is -0.496 e. The minimum absolute atomic E-state index is 0.170. The lowest BCUT2D eigenvalue weighted by atomic mass is 10.2. The Balaban J connectivity index is 2.25. The molecule has 0 saturated carbocycles. The number of amides is 1. The topological polar surface area (TPSA) is 38.3 Å². The summed E-state index contributed by atoms with van der Waals surface area (Å²) >= 11 is 3.82. The zero-order valence-electron chi connectivity index (χ0n) is 11.1. The summed E-state index contributed by atoms with van der Waals surface area (Å²) in [6, 6.07) is 13.2. The number of methoxy groups -OCH3 is 1.